The zero-order valence-electron chi connectivity index (χ0n) is 17.6. The number of rotatable bonds is 19. The maximum Gasteiger partial charge on any atom is 0.305 e. The van der Waals surface area contributed by atoms with E-state index in [1.165, 1.54) is 110 Å². The fourth-order valence-electron chi connectivity index (χ4n) is 3.77. The van der Waals surface area contributed by atoms with Crippen LogP contribution >= 0.6 is 11.8 Å². The van der Waals surface area contributed by atoms with Crippen LogP contribution in [0.1, 0.15) is 122 Å². The summed E-state index contributed by atoms with van der Waals surface area (Å²) in [4.78, 5) is 11.0. The topological polar surface area (TPSA) is 26.3 Å². The molecule has 26 heavy (non-hydrogen) atoms. The van der Waals surface area contributed by atoms with Crippen LogP contribution in [0.5, 0.6) is 0 Å². The van der Waals surface area contributed by atoms with Crippen molar-refractivity contribution in [2.24, 2.45) is 0 Å². The molecule has 1 rings (SSSR count). The number of esters is 1. The van der Waals surface area contributed by atoms with Crippen LogP contribution in [0.25, 0.3) is 0 Å². The van der Waals surface area contributed by atoms with Crippen molar-refractivity contribution in [2.45, 2.75) is 133 Å². The molecule has 2 nitrogen and oxygen atoms in total. The monoisotopic (exact) mass is 384 g/mol. The first-order valence-electron chi connectivity index (χ1n) is 11.5. The summed E-state index contributed by atoms with van der Waals surface area (Å²) in [6.45, 7) is 2.29. The molecular formula is C23H44O2S. The van der Waals surface area contributed by atoms with E-state index in [0.717, 1.165) is 16.9 Å². The zero-order chi connectivity index (χ0) is 18.9. The van der Waals surface area contributed by atoms with E-state index in [2.05, 4.69) is 23.4 Å². The van der Waals surface area contributed by atoms with E-state index in [1.807, 2.05) is 0 Å². The van der Waals surface area contributed by atoms with Crippen molar-refractivity contribution < 1.29 is 9.53 Å². The molecular weight excluding hydrogens is 340 g/mol. The quantitative estimate of drug-likeness (QED) is 0.130. The fourth-order valence-corrected chi connectivity index (χ4v) is 5.00. The molecule has 0 aliphatic carbocycles. The molecule has 0 spiro atoms. The van der Waals surface area contributed by atoms with E-state index in [1.54, 1.807) is 0 Å². The lowest BCUT2D eigenvalue weighted by molar-refractivity contribution is -0.140. The molecule has 0 radical (unpaired) electrons. The van der Waals surface area contributed by atoms with Gasteiger partial charge in [-0.2, -0.15) is 11.8 Å². The molecule has 2 unspecified atom stereocenters. The molecule has 1 aliphatic rings. The van der Waals surface area contributed by atoms with Crippen LogP contribution in [0.3, 0.4) is 0 Å². The Morgan fingerprint density at radius 2 is 1.12 bits per heavy atom. The van der Waals surface area contributed by atoms with Crippen LogP contribution < -0.4 is 0 Å². The first-order valence-corrected chi connectivity index (χ1v) is 12.4. The van der Waals surface area contributed by atoms with E-state index in [-0.39, 0.29) is 5.97 Å². The summed E-state index contributed by atoms with van der Waals surface area (Å²) in [5, 5.41) is 2.04. The van der Waals surface area contributed by atoms with E-state index >= 15 is 0 Å². The molecule has 0 bridgehead atoms. The van der Waals surface area contributed by atoms with Crippen molar-refractivity contribution in [1.29, 1.82) is 0 Å². The van der Waals surface area contributed by atoms with E-state index in [4.69, 9.17) is 0 Å². The zero-order valence-corrected chi connectivity index (χ0v) is 18.4. The van der Waals surface area contributed by atoms with Crippen LogP contribution in [-0.4, -0.2) is 23.6 Å². The molecule has 0 aromatic carbocycles. The van der Waals surface area contributed by atoms with Gasteiger partial charge in [-0.15, -0.1) is 0 Å². The van der Waals surface area contributed by atoms with Gasteiger partial charge in [-0.25, -0.2) is 0 Å². The lowest BCUT2D eigenvalue weighted by Crippen LogP contribution is -1.99. The Morgan fingerprint density at radius 3 is 1.58 bits per heavy atom. The molecule has 3 heteroatoms. The second-order valence-corrected chi connectivity index (χ2v) is 9.55. The van der Waals surface area contributed by atoms with Crippen molar-refractivity contribution in [2.75, 3.05) is 7.11 Å². The Morgan fingerprint density at radius 1 is 0.692 bits per heavy atom. The number of unbranched alkanes of at least 4 members (excludes halogenated alkanes) is 13. The third-order valence-electron chi connectivity index (χ3n) is 5.63. The van der Waals surface area contributed by atoms with Crippen molar-refractivity contribution in [1.82, 2.24) is 0 Å². The van der Waals surface area contributed by atoms with Crippen LogP contribution in [-0.2, 0) is 9.53 Å². The van der Waals surface area contributed by atoms with Crippen molar-refractivity contribution in [3.63, 3.8) is 0 Å². The van der Waals surface area contributed by atoms with E-state index < -0.39 is 0 Å². The summed E-state index contributed by atoms with van der Waals surface area (Å²) in [6, 6.07) is 0. The molecule has 1 heterocycles. The van der Waals surface area contributed by atoms with Gasteiger partial charge in [-0.05, 0) is 19.3 Å². The Hall–Kier alpha value is -0.180. The van der Waals surface area contributed by atoms with Crippen LogP contribution in [0.15, 0.2) is 0 Å². The van der Waals surface area contributed by atoms with Gasteiger partial charge >= 0.3 is 5.97 Å². The van der Waals surface area contributed by atoms with Crippen molar-refractivity contribution >= 4 is 17.7 Å². The summed E-state index contributed by atoms with van der Waals surface area (Å²) >= 11 is 2.26. The van der Waals surface area contributed by atoms with E-state index in [0.29, 0.717) is 6.42 Å². The first-order chi connectivity index (χ1) is 12.8. The smallest absolute Gasteiger partial charge is 0.305 e. The maximum atomic E-state index is 11.0. The molecule has 0 aromatic heterocycles. The summed E-state index contributed by atoms with van der Waals surface area (Å²) < 4.78 is 4.66. The predicted octanol–water partition coefficient (Wildman–Crippen LogP) is 7.69. The number of hydrogen-bond acceptors (Lipinski definition) is 3. The number of hydrogen-bond donors (Lipinski definition) is 0. The maximum absolute atomic E-state index is 11.0. The van der Waals surface area contributed by atoms with Crippen LogP contribution in [0.2, 0.25) is 0 Å². The number of thioether (sulfide) groups is 1. The van der Waals surface area contributed by atoms with Gasteiger partial charge in [0.05, 0.1) is 7.11 Å². The summed E-state index contributed by atoms with van der Waals surface area (Å²) in [7, 11) is 1.47. The van der Waals surface area contributed by atoms with Gasteiger partial charge < -0.3 is 4.74 Å². The minimum atomic E-state index is -0.0621. The van der Waals surface area contributed by atoms with Crippen molar-refractivity contribution in [3.05, 3.63) is 0 Å². The van der Waals surface area contributed by atoms with Crippen LogP contribution in [0, 0.1) is 0 Å². The van der Waals surface area contributed by atoms with Gasteiger partial charge in [-0.1, -0.05) is 96.8 Å². The summed E-state index contributed by atoms with van der Waals surface area (Å²) in [5.41, 5.74) is 0. The van der Waals surface area contributed by atoms with Crippen LogP contribution in [0.4, 0.5) is 0 Å². The number of carbonyl (C=O) groups is 1. The predicted molar refractivity (Wildman–Crippen MR) is 116 cm³/mol. The van der Waals surface area contributed by atoms with Gasteiger partial charge in [0.15, 0.2) is 0 Å². The standard InChI is InChI=1S/C23H44O2S/c1-3-4-5-12-15-18-21-22(26-21)19-16-13-10-8-6-7-9-11-14-17-20-23(24)25-2/h21-22H,3-20H2,1-2H3. The van der Waals surface area contributed by atoms with Gasteiger partial charge in [-0.3, -0.25) is 4.79 Å². The highest BCUT2D eigenvalue weighted by atomic mass is 32.2. The third-order valence-corrected chi connectivity index (χ3v) is 7.14. The van der Waals surface area contributed by atoms with Gasteiger partial charge in [0, 0.05) is 16.9 Å². The Balaban J connectivity index is 1.71. The average Bonchev–Trinajstić information content (AvgIpc) is 3.40. The van der Waals surface area contributed by atoms with E-state index in [9.17, 15) is 4.79 Å². The highest BCUT2D eigenvalue weighted by Gasteiger charge is 2.36. The largest absolute Gasteiger partial charge is 0.469 e. The number of methoxy groups -OCH3 is 1. The van der Waals surface area contributed by atoms with Gasteiger partial charge in [0.2, 0.25) is 0 Å². The molecule has 1 saturated heterocycles. The molecule has 0 N–H and O–H groups in total. The number of carbonyl (C=O) groups excluding carboxylic acids is 1. The van der Waals surface area contributed by atoms with Gasteiger partial charge in [0.25, 0.3) is 0 Å². The Kier molecular flexibility index (Phi) is 15.6. The molecule has 0 saturated carbocycles. The SMILES string of the molecule is CCCCCCCC1SC1CCCCCCCCCCCCC(=O)OC. The highest BCUT2D eigenvalue weighted by Crippen LogP contribution is 2.47. The molecule has 1 fully saturated rings. The number of ether oxygens (including phenoxy) is 1. The third kappa shape index (κ3) is 13.9. The lowest BCUT2D eigenvalue weighted by atomic mass is 10.0. The summed E-state index contributed by atoms with van der Waals surface area (Å²) in [5.74, 6) is -0.0621. The second kappa shape index (κ2) is 17.0. The molecule has 1 aliphatic heterocycles. The molecule has 154 valence electrons. The van der Waals surface area contributed by atoms with Crippen molar-refractivity contribution in [3.8, 4) is 0 Å². The molecule has 0 aromatic rings. The fraction of sp³-hybridized carbons (Fsp3) is 0.957. The first kappa shape index (κ1) is 23.9. The normalized spacial score (nSPS) is 18.8. The minimum Gasteiger partial charge on any atom is -0.469 e. The lowest BCUT2D eigenvalue weighted by Gasteiger charge is -2.03. The minimum absolute atomic E-state index is 0.0621. The second-order valence-electron chi connectivity index (χ2n) is 8.07. The van der Waals surface area contributed by atoms with Gasteiger partial charge in [0.1, 0.15) is 0 Å². The Bertz CT molecular complexity index is 332. The molecule has 2 atom stereocenters. The molecule has 0 amide bonds. The summed E-state index contributed by atoms with van der Waals surface area (Å²) in [6.07, 6.45) is 24.0. The highest BCUT2D eigenvalue weighted by molar-refractivity contribution is 8.07. The average molecular weight is 385 g/mol. The Labute approximate surface area is 167 Å².